The molecule has 1 amide bonds. The molecule has 5 nitrogen and oxygen atoms in total. The third-order valence-electron chi connectivity index (χ3n) is 4.41. The highest BCUT2D eigenvalue weighted by atomic mass is 79.9. The number of carbonyl (C=O) groups excluding carboxylic acids is 1. The van der Waals surface area contributed by atoms with E-state index in [-0.39, 0.29) is 11.6 Å². The van der Waals surface area contributed by atoms with E-state index >= 15 is 0 Å². The number of aromatic nitrogens is 3. The highest BCUT2D eigenvalue weighted by Crippen LogP contribution is 2.25. The minimum atomic E-state index is -0.461. The third-order valence-corrected chi connectivity index (χ3v) is 5.35. The van der Waals surface area contributed by atoms with Gasteiger partial charge in [0.2, 0.25) is 5.82 Å². The fraction of sp³-hybridized carbons (Fsp3) is 0.0455. The summed E-state index contributed by atoms with van der Waals surface area (Å²) < 4.78 is 15.8. The van der Waals surface area contributed by atoms with Gasteiger partial charge in [0.1, 0.15) is 5.82 Å². The van der Waals surface area contributed by atoms with Crippen molar-refractivity contribution >= 4 is 39.1 Å². The van der Waals surface area contributed by atoms with Crippen LogP contribution in [-0.2, 0) is 0 Å². The van der Waals surface area contributed by atoms with Crippen LogP contribution >= 0.6 is 27.5 Å². The number of amides is 1. The number of nitrogens with zero attached hydrogens (tertiary/aromatic N) is 3. The Morgan fingerprint density at radius 2 is 1.77 bits per heavy atom. The number of benzene rings is 3. The van der Waals surface area contributed by atoms with E-state index < -0.39 is 5.91 Å². The van der Waals surface area contributed by atoms with Crippen molar-refractivity contribution in [3.05, 3.63) is 93.4 Å². The maximum Gasteiger partial charge on any atom is 0.295 e. The maximum absolute atomic E-state index is 13.4. The summed E-state index contributed by atoms with van der Waals surface area (Å²) in [5.41, 5.74) is 2.78. The Bertz CT molecular complexity index is 1220. The van der Waals surface area contributed by atoms with Crippen molar-refractivity contribution in [3.8, 4) is 17.1 Å². The van der Waals surface area contributed by atoms with E-state index in [0.717, 1.165) is 10.0 Å². The predicted molar refractivity (Wildman–Crippen MR) is 119 cm³/mol. The lowest BCUT2D eigenvalue weighted by molar-refractivity contribution is 0.101. The van der Waals surface area contributed by atoms with Gasteiger partial charge in [-0.1, -0.05) is 33.6 Å². The van der Waals surface area contributed by atoms with E-state index in [1.54, 1.807) is 30.3 Å². The molecule has 0 saturated carbocycles. The van der Waals surface area contributed by atoms with E-state index in [1.807, 2.05) is 31.2 Å². The Morgan fingerprint density at radius 1 is 1.07 bits per heavy atom. The predicted octanol–water partition coefficient (Wildman–Crippen LogP) is 6.05. The lowest BCUT2D eigenvalue weighted by Crippen LogP contribution is -2.14. The third kappa shape index (κ3) is 4.27. The molecule has 1 N–H and O–H groups in total. The molecule has 1 heterocycles. The average Bonchev–Trinajstić information content (AvgIpc) is 3.18. The van der Waals surface area contributed by atoms with E-state index in [2.05, 4.69) is 31.3 Å². The molecule has 0 aliphatic carbocycles. The first-order valence-electron chi connectivity index (χ1n) is 8.97. The van der Waals surface area contributed by atoms with Crippen LogP contribution in [0.2, 0.25) is 5.02 Å². The van der Waals surface area contributed by atoms with Gasteiger partial charge in [-0.3, -0.25) is 4.79 Å². The number of anilines is 1. The fourth-order valence-electron chi connectivity index (χ4n) is 2.81. The van der Waals surface area contributed by atoms with Gasteiger partial charge in [-0.25, -0.2) is 14.1 Å². The molecule has 1 aromatic heterocycles. The first-order valence-corrected chi connectivity index (χ1v) is 10.1. The monoisotopic (exact) mass is 484 g/mol. The van der Waals surface area contributed by atoms with Crippen LogP contribution in [-0.4, -0.2) is 20.7 Å². The van der Waals surface area contributed by atoms with Gasteiger partial charge in [0.25, 0.3) is 5.91 Å². The summed E-state index contributed by atoms with van der Waals surface area (Å²) in [5, 5.41) is 7.73. The molecule has 3 aromatic carbocycles. The van der Waals surface area contributed by atoms with Gasteiger partial charge in [0.05, 0.1) is 5.69 Å². The molecule has 0 aliphatic heterocycles. The summed E-state index contributed by atoms with van der Waals surface area (Å²) in [7, 11) is 0. The molecular weight excluding hydrogens is 471 g/mol. The van der Waals surface area contributed by atoms with Crippen molar-refractivity contribution in [3.63, 3.8) is 0 Å². The van der Waals surface area contributed by atoms with Crippen LogP contribution in [0.5, 0.6) is 0 Å². The molecule has 0 bridgehead atoms. The van der Waals surface area contributed by atoms with Gasteiger partial charge in [-0.05, 0) is 73.2 Å². The first kappa shape index (κ1) is 20.3. The standard InChI is InChI=1S/C22H15BrClFN4O/c1-13-2-11-18(12-19(13)24)29-21(14-3-7-16(25)8-4-14)27-20(28-29)22(30)26-17-9-5-15(23)6-10-17/h2-12H,1H3,(H,26,30). The largest absolute Gasteiger partial charge is 0.319 e. The van der Waals surface area contributed by atoms with E-state index in [4.69, 9.17) is 11.6 Å². The number of aryl methyl sites for hydroxylation is 1. The molecule has 0 radical (unpaired) electrons. The van der Waals surface area contributed by atoms with E-state index in [1.165, 1.54) is 16.8 Å². The van der Waals surface area contributed by atoms with Gasteiger partial charge >= 0.3 is 0 Å². The molecular formula is C22H15BrClFN4O. The number of hydrogen-bond acceptors (Lipinski definition) is 3. The number of rotatable bonds is 4. The van der Waals surface area contributed by atoms with Crippen molar-refractivity contribution in [2.75, 3.05) is 5.32 Å². The van der Waals surface area contributed by atoms with Crippen LogP contribution < -0.4 is 5.32 Å². The lowest BCUT2D eigenvalue weighted by Gasteiger charge is -2.07. The Labute approximate surface area is 185 Å². The van der Waals surface area contributed by atoms with Crippen molar-refractivity contribution in [1.29, 1.82) is 0 Å². The number of nitrogens with one attached hydrogen (secondary N) is 1. The fourth-order valence-corrected chi connectivity index (χ4v) is 3.25. The van der Waals surface area contributed by atoms with Gasteiger partial charge in [0.15, 0.2) is 5.82 Å². The minimum absolute atomic E-state index is 0.0195. The Kier molecular flexibility index (Phi) is 5.65. The van der Waals surface area contributed by atoms with Crippen LogP contribution in [0.1, 0.15) is 16.2 Å². The molecule has 4 aromatic rings. The molecule has 0 fully saturated rings. The van der Waals surface area contributed by atoms with E-state index in [0.29, 0.717) is 27.8 Å². The minimum Gasteiger partial charge on any atom is -0.319 e. The zero-order chi connectivity index (χ0) is 21.3. The summed E-state index contributed by atoms with van der Waals surface area (Å²) in [4.78, 5) is 17.2. The quantitative estimate of drug-likeness (QED) is 0.383. The summed E-state index contributed by atoms with van der Waals surface area (Å²) in [6.45, 7) is 1.89. The average molecular weight is 486 g/mol. The second kappa shape index (κ2) is 8.38. The molecule has 150 valence electrons. The SMILES string of the molecule is Cc1ccc(-n2nc(C(=O)Nc3ccc(Br)cc3)nc2-c2ccc(F)cc2)cc1Cl. The summed E-state index contributed by atoms with van der Waals surface area (Å²) in [6, 6.07) is 18.4. The van der Waals surface area contributed by atoms with Crippen molar-refractivity contribution in [2.45, 2.75) is 6.92 Å². The zero-order valence-electron chi connectivity index (χ0n) is 15.7. The molecule has 8 heteroatoms. The molecule has 0 unspecified atom stereocenters. The Morgan fingerprint density at radius 3 is 2.43 bits per heavy atom. The van der Waals surface area contributed by atoms with Crippen molar-refractivity contribution in [1.82, 2.24) is 14.8 Å². The van der Waals surface area contributed by atoms with Crippen molar-refractivity contribution < 1.29 is 9.18 Å². The van der Waals surface area contributed by atoms with Crippen LogP contribution in [0, 0.1) is 12.7 Å². The number of hydrogen-bond donors (Lipinski definition) is 1. The van der Waals surface area contributed by atoms with Crippen LogP contribution in [0.4, 0.5) is 10.1 Å². The summed E-state index contributed by atoms with van der Waals surface area (Å²) >= 11 is 9.64. The van der Waals surface area contributed by atoms with Crippen LogP contribution in [0.3, 0.4) is 0 Å². The topological polar surface area (TPSA) is 59.8 Å². The zero-order valence-corrected chi connectivity index (χ0v) is 18.1. The second-order valence-electron chi connectivity index (χ2n) is 6.57. The normalized spacial score (nSPS) is 10.8. The first-order chi connectivity index (χ1) is 14.4. The van der Waals surface area contributed by atoms with Crippen LogP contribution in [0.15, 0.2) is 71.2 Å². The van der Waals surface area contributed by atoms with E-state index in [9.17, 15) is 9.18 Å². The molecule has 0 atom stereocenters. The second-order valence-corrected chi connectivity index (χ2v) is 7.90. The van der Waals surface area contributed by atoms with Gasteiger partial charge < -0.3 is 5.32 Å². The Hall–Kier alpha value is -3.03. The van der Waals surface area contributed by atoms with Crippen molar-refractivity contribution in [2.24, 2.45) is 0 Å². The summed E-state index contributed by atoms with van der Waals surface area (Å²) in [5.74, 6) is -0.445. The molecule has 0 saturated heterocycles. The molecule has 0 spiro atoms. The highest BCUT2D eigenvalue weighted by Gasteiger charge is 2.19. The van der Waals surface area contributed by atoms with Gasteiger partial charge in [0, 0.05) is 20.7 Å². The lowest BCUT2D eigenvalue weighted by atomic mass is 10.2. The smallest absolute Gasteiger partial charge is 0.295 e. The molecule has 30 heavy (non-hydrogen) atoms. The summed E-state index contributed by atoms with van der Waals surface area (Å²) in [6.07, 6.45) is 0. The number of halogens is 3. The van der Waals surface area contributed by atoms with Gasteiger partial charge in [-0.15, -0.1) is 5.10 Å². The molecule has 4 rings (SSSR count). The van der Waals surface area contributed by atoms with Gasteiger partial charge in [-0.2, -0.15) is 0 Å². The number of carbonyl (C=O) groups is 1. The molecule has 0 aliphatic rings. The Balaban J connectivity index is 1.76. The van der Waals surface area contributed by atoms with Crippen LogP contribution in [0.25, 0.3) is 17.1 Å². The maximum atomic E-state index is 13.4. The highest BCUT2D eigenvalue weighted by molar-refractivity contribution is 9.10.